The molecule has 5 atom stereocenters. The molecule has 0 radical (unpaired) electrons. The molecule has 2 bridgehead atoms. The van der Waals surface area contributed by atoms with Crippen molar-refractivity contribution >= 4 is 27.8 Å². The number of para-hydroxylation sites is 1. The highest BCUT2D eigenvalue weighted by molar-refractivity contribution is 6.05. The maximum absolute atomic E-state index is 2.61. The first-order valence-electron chi connectivity index (χ1n) is 22.7. The van der Waals surface area contributed by atoms with E-state index >= 15 is 0 Å². The molecule has 1 spiro atoms. The van der Waals surface area contributed by atoms with Gasteiger partial charge >= 0.3 is 0 Å². The summed E-state index contributed by atoms with van der Waals surface area (Å²) in [4.78, 5) is 2.61. The van der Waals surface area contributed by atoms with Crippen LogP contribution in [0.5, 0.6) is 0 Å². The van der Waals surface area contributed by atoms with Gasteiger partial charge in [0.25, 0.3) is 0 Å². The molecule has 4 fully saturated rings. The molecule has 0 aromatic heterocycles. The van der Waals surface area contributed by atoms with Crippen LogP contribution in [0.1, 0.15) is 64.0 Å². The van der Waals surface area contributed by atoms with Gasteiger partial charge in [0.1, 0.15) is 0 Å². The summed E-state index contributed by atoms with van der Waals surface area (Å²) in [6, 6.07) is 70.8. The Hall–Kier alpha value is -6.18. The van der Waals surface area contributed by atoms with Gasteiger partial charge in [-0.2, -0.15) is 0 Å². The fraction of sp³-hybridized carbons (Fsp3) is 0.233. The third-order valence-corrected chi connectivity index (χ3v) is 15.9. The van der Waals surface area contributed by atoms with Crippen LogP contribution in [0.4, 0.5) is 17.1 Å². The van der Waals surface area contributed by atoms with Gasteiger partial charge in [0.15, 0.2) is 0 Å². The third kappa shape index (κ3) is 5.45. The number of hydrogen-bond donors (Lipinski definition) is 0. The van der Waals surface area contributed by atoms with E-state index in [-0.39, 0.29) is 5.41 Å². The molecular formula is C60H53N. The number of anilines is 3. The monoisotopic (exact) mass is 787 g/mol. The smallest absolute Gasteiger partial charge is 0.0543 e. The molecular weight excluding hydrogens is 735 g/mol. The minimum absolute atomic E-state index is 0.0570. The van der Waals surface area contributed by atoms with Gasteiger partial charge in [0.2, 0.25) is 0 Å². The maximum atomic E-state index is 2.61. The summed E-state index contributed by atoms with van der Waals surface area (Å²) in [5.74, 6) is 2.75. The van der Waals surface area contributed by atoms with E-state index in [9.17, 15) is 0 Å². The Kier molecular flexibility index (Phi) is 8.21. The molecule has 1 nitrogen and oxygen atoms in total. The van der Waals surface area contributed by atoms with Crippen LogP contribution in [0, 0.1) is 23.2 Å². The molecule has 0 heterocycles. The number of benzene rings is 8. The summed E-state index contributed by atoms with van der Waals surface area (Å²) in [5, 5.41) is 2.83. The second-order valence-corrected chi connectivity index (χ2v) is 19.8. The van der Waals surface area contributed by atoms with Crippen LogP contribution in [0.15, 0.2) is 188 Å². The molecule has 4 aliphatic carbocycles. The summed E-state index contributed by atoms with van der Waals surface area (Å²) >= 11 is 0. The van der Waals surface area contributed by atoms with Gasteiger partial charge in [-0.3, -0.25) is 0 Å². The largest absolute Gasteiger partial charge is 0.309 e. The zero-order valence-corrected chi connectivity index (χ0v) is 35.6. The minimum Gasteiger partial charge on any atom is -0.309 e. The van der Waals surface area contributed by atoms with E-state index in [4.69, 9.17) is 0 Å². The van der Waals surface area contributed by atoms with Crippen LogP contribution < -0.4 is 4.90 Å². The van der Waals surface area contributed by atoms with Crippen molar-refractivity contribution in [3.8, 4) is 44.5 Å². The second-order valence-electron chi connectivity index (χ2n) is 19.8. The molecule has 0 aliphatic heterocycles. The molecule has 0 N–H and O–H groups in total. The van der Waals surface area contributed by atoms with Crippen LogP contribution in [-0.4, -0.2) is 0 Å². The molecule has 4 saturated carbocycles. The predicted molar refractivity (Wildman–Crippen MR) is 257 cm³/mol. The number of hydrogen-bond acceptors (Lipinski definition) is 1. The van der Waals surface area contributed by atoms with Crippen molar-refractivity contribution in [2.24, 2.45) is 23.2 Å². The summed E-state index contributed by atoms with van der Waals surface area (Å²) in [6.07, 6.45) is 7.14. The SMILES string of the molecule is CC(C)(C)c1ccc(-c2ccccc2)c(N(c2ccc(-c3ccccc3)cc2-c2ccccc2)c2ccccc2-c2cccc3cccc(C45CC6CC7CC(C4)C75C6)c23)c1. The van der Waals surface area contributed by atoms with Crippen LogP contribution in [-0.2, 0) is 10.8 Å². The van der Waals surface area contributed by atoms with Crippen molar-refractivity contribution in [2.75, 3.05) is 4.90 Å². The van der Waals surface area contributed by atoms with Gasteiger partial charge in [0.05, 0.1) is 17.1 Å². The van der Waals surface area contributed by atoms with Gasteiger partial charge < -0.3 is 4.90 Å². The van der Waals surface area contributed by atoms with Crippen LogP contribution in [0.25, 0.3) is 55.3 Å². The highest BCUT2D eigenvalue weighted by atomic mass is 15.2. The van der Waals surface area contributed by atoms with E-state index in [1.165, 1.54) is 104 Å². The maximum Gasteiger partial charge on any atom is 0.0543 e. The van der Waals surface area contributed by atoms with Crippen LogP contribution in [0.2, 0.25) is 0 Å². The Morgan fingerprint density at radius 3 is 1.79 bits per heavy atom. The molecule has 1 heteroatoms. The van der Waals surface area contributed by atoms with E-state index in [0.717, 1.165) is 23.4 Å². The summed E-state index contributed by atoms with van der Waals surface area (Å²) in [7, 11) is 0. The van der Waals surface area contributed by atoms with Crippen molar-refractivity contribution in [1.29, 1.82) is 0 Å². The van der Waals surface area contributed by atoms with Gasteiger partial charge in [0, 0.05) is 22.1 Å². The van der Waals surface area contributed by atoms with E-state index in [1.807, 2.05) is 0 Å². The number of fused-ring (bicyclic) bond motifs is 2. The fourth-order valence-electron chi connectivity index (χ4n) is 13.3. The van der Waals surface area contributed by atoms with Crippen molar-refractivity contribution in [2.45, 2.75) is 63.7 Å². The standard InChI is InChI=1S/C60H53N/c1-58(2,3)46-30-31-49(42-19-9-5-10-20-42)56(36-46)61(55-32-29-45(41-17-7-4-8-18-41)34-52(55)43-21-11-6-12-22-43)54-28-14-13-25-50(54)51-26-15-23-44-24-16-27-53(57(44)51)59-37-40-33-47-35-48(39-59)60(47,59)38-40/h4-32,34,36,40,47-48H,33,35,37-39H2,1-3H3. The first kappa shape index (κ1) is 36.7. The first-order valence-corrected chi connectivity index (χ1v) is 22.7. The Bertz CT molecular complexity index is 2950. The summed E-state index contributed by atoms with van der Waals surface area (Å²) in [5.41, 5.74) is 17.1. The lowest BCUT2D eigenvalue weighted by molar-refractivity contribution is -0.198. The zero-order chi connectivity index (χ0) is 40.9. The molecule has 8 aromatic rings. The topological polar surface area (TPSA) is 3.24 Å². The lowest BCUT2D eigenvalue weighted by Gasteiger charge is -2.73. The predicted octanol–water partition coefficient (Wildman–Crippen LogP) is 16.4. The normalized spacial score (nSPS) is 23.3. The van der Waals surface area contributed by atoms with Crippen molar-refractivity contribution in [3.63, 3.8) is 0 Å². The first-order chi connectivity index (χ1) is 29.8. The second kappa shape index (κ2) is 13.7. The van der Waals surface area contributed by atoms with Crippen LogP contribution >= 0.6 is 0 Å². The highest BCUT2D eigenvalue weighted by Gasteiger charge is 2.80. The Morgan fingerprint density at radius 1 is 0.443 bits per heavy atom. The average Bonchev–Trinajstić information content (AvgIpc) is 3.80. The minimum atomic E-state index is -0.0570. The highest BCUT2D eigenvalue weighted by Crippen LogP contribution is 2.86. The van der Waals surface area contributed by atoms with Gasteiger partial charge in [-0.05, 0) is 135 Å². The molecule has 5 unspecified atom stereocenters. The van der Waals surface area contributed by atoms with Crippen molar-refractivity contribution in [3.05, 3.63) is 199 Å². The molecule has 12 rings (SSSR count). The van der Waals surface area contributed by atoms with Crippen LogP contribution in [0.3, 0.4) is 0 Å². The molecule has 0 saturated heterocycles. The van der Waals surface area contributed by atoms with E-state index in [0.29, 0.717) is 10.8 Å². The molecule has 0 amide bonds. The van der Waals surface area contributed by atoms with Crippen molar-refractivity contribution in [1.82, 2.24) is 0 Å². The fourth-order valence-corrected chi connectivity index (χ4v) is 13.3. The average molecular weight is 788 g/mol. The lowest BCUT2D eigenvalue weighted by atomic mass is 9.30. The Balaban J connectivity index is 1.15. The van der Waals surface area contributed by atoms with Gasteiger partial charge in [-0.25, -0.2) is 0 Å². The summed E-state index contributed by atoms with van der Waals surface area (Å²) in [6.45, 7) is 7.00. The number of rotatable bonds is 8. The molecule has 298 valence electrons. The third-order valence-electron chi connectivity index (χ3n) is 15.9. The van der Waals surface area contributed by atoms with E-state index in [2.05, 4.69) is 214 Å². The van der Waals surface area contributed by atoms with Crippen molar-refractivity contribution < 1.29 is 0 Å². The van der Waals surface area contributed by atoms with E-state index < -0.39 is 0 Å². The quantitative estimate of drug-likeness (QED) is 0.148. The van der Waals surface area contributed by atoms with E-state index in [1.54, 1.807) is 5.56 Å². The number of nitrogens with zero attached hydrogens (tertiary/aromatic N) is 1. The Labute approximate surface area is 361 Å². The van der Waals surface area contributed by atoms with Gasteiger partial charge in [-0.1, -0.05) is 185 Å². The molecule has 4 aliphatic rings. The molecule has 8 aromatic carbocycles. The summed E-state index contributed by atoms with van der Waals surface area (Å²) < 4.78 is 0. The lowest BCUT2D eigenvalue weighted by Crippen LogP contribution is -2.68. The zero-order valence-electron chi connectivity index (χ0n) is 35.6. The molecule has 61 heavy (non-hydrogen) atoms. The van der Waals surface area contributed by atoms with Gasteiger partial charge in [-0.15, -0.1) is 0 Å². The Morgan fingerprint density at radius 2 is 1.08 bits per heavy atom.